The van der Waals surface area contributed by atoms with Crippen molar-refractivity contribution in [1.82, 2.24) is 9.80 Å². The van der Waals surface area contributed by atoms with Crippen LogP contribution in [0.25, 0.3) is 0 Å². The number of piperidine rings is 1. The van der Waals surface area contributed by atoms with Crippen LogP contribution < -0.4 is 0 Å². The molecule has 1 saturated carbocycles. The molecule has 1 aromatic rings. The van der Waals surface area contributed by atoms with E-state index in [1.807, 2.05) is 0 Å². The molecule has 4 rings (SSSR count). The van der Waals surface area contributed by atoms with E-state index in [9.17, 15) is 4.79 Å². The van der Waals surface area contributed by atoms with Crippen LogP contribution in [0.15, 0.2) is 30.3 Å². The smallest absolute Gasteiger partial charge is 0.225 e. The minimum absolute atomic E-state index is 0.165. The summed E-state index contributed by atoms with van der Waals surface area (Å²) >= 11 is 0. The van der Waals surface area contributed by atoms with Crippen LogP contribution in [0.5, 0.6) is 0 Å². The summed E-state index contributed by atoms with van der Waals surface area (Å²) in [7, 11) is 0. The van der Waals surface area contributed by atoms with E-state index in [4.69, 9.17) is 0 Å². The number of carbonyl (C=O) groups excluding carboxylic acids is 1. The Morgan fingerprint density at radius 1 is 0.955 bits per heavy atom. The number of benzene rings is 1. The fraction of sp³-hybridized carbons (Fsp3) is 0.632. The summed E-state index contributed by atoms with van der Waals surface area (Å²) in [5, 5.41) is 0. The van der Waals surface area contributed by atoms with Crippen LogP contribution in [-0.4, -0.2) is 41.9 Å². The van der Waals surface area contributed by atoms with Crippen LogP contribution in [-0.2, 0) is 10.3 Å². The lowest BCUT2D eigenvalue weighted by atomic mass is 9.79. The van der Waals surface area contributed by atoms with Crippen LogP contribution >= 0.6 is 0 Å². The lowest BCUT2D eigenvalue weighted by Gasteiger charge is -2.48. The summed E-state index contributed by atoms with van der Waals surface area (Å²) in [5.41, 5.74) is 1.62. The van der Waals surface area contributed by atoms with Crippen molar-refractivity contribution in [1.29, 1.82) is 0 Å². The number of amides is 1. The molecule has 0 aromatic heterocycles. The number of carbonyl (C=O) groups is 1. The van der Waals surface area contributed by atoms with Gasteiger partial charge in [0.15, 0.2) is 0 Å². The maximum absolute atomic E-state index is 12.3. The third kappa shape index (κ3) is 2.45. The Morgan fingerprint density at radius 3 is 2.18 bits per heavy atom. The third-order valence-electron chi connectivity index (χ3n) is 5.85. The summed E-state index contributed by atoms with van der Waals surface area (Å²) in [6, 6.07) is 11.0. The predicted octanol–water partition coefficient (Wildman–Crippen LogP) is 3.01. The highest BCUT2D eigenvalue weighted by atomic mass is 16.2. The van der Waals surface area contributed by atoms with Crippen LogP contribution in [0.4, 0.5) is 0 Å². The van der Waals surface area contributed by atoms with Gasteiger partial charge in [-0.3, -0.25) is 9.69 Å². The molecule has 1 aromatic carbocycles. The van der Waals surface area contributed by atoms with Crippen LogP contribution in [0.2, 0.25) is 0 Å². The topological polar surface area (TPSA) is 23.6 Å². The standard InChI is InChI=1S/C19H26N2O/c22-18(16-8-9-16)20-14-10-19(11-15-20,21-12-4-5-13-21)17-6-2-1-3-7-17/h1-3,6-7,16H,4-5,8-15H2. The van der Waals surface area contributed by atoms with Gasteiger partial charge in [-0.1, -0.05) is 30.3 Å². The molecule has 1 amide bonds. The molecule has 118 valence electrons. The van der Waals surface area contributed by atoms with Gasteiger partial charge in [0.05, 0.1) is 0 Å². The fourth-order valence-electron chi connectivity index (χ4n) is 4.37. The van der Waals surface area contributed by atoms with Gasteiger partial charge in [0.25, 0.3) is 0 Å². The Labute approximate surface area is 133 Å². The third-order valence-corrected chi connectivity index (χ3v) is 5.85. The molecule has 22 heavy (non-hydrogen) atoms. The van der Waals surface area contributed by atoms with Crippen molar-refractivity contribution in [2.45, 2.75) is 44.1 Å². The normalized spacial score (nSPS) is 25.4. The molecular weight excluding hydrogens is 272 g/mol. The summed E-state index contributed by atoms with van der Waals surface area (Å²) in [6.45, 7) is 4.29. The number of hydrogen-bond donors (Lipinski definition) is 0. The molecule has 3 aliphatic rings. The molecule has 3 nitrogen and oxygen atoms in total. The van der Waals surface area contributed by atoms with Crippen LogP contribution in [0.3, 0.4) is 0 Å². The van der Waals surface area contributed by atoms with E-state index in [-0.39, 0.29) is 5.54 Å². The van der Waals surface area contributed by atoms with E-state index in [2.05, 4.69) is 40.1 Å². The van der Waals surface area contributed by atoms with Crippen molar-refractivity contribution < 1.29 is 4.79 Å². The van der Waals surface area contributed by atoms with Gasteiger partial charge in [0, 0.05) is 24.5 Å². The van der Waals surface area contributed by atoms with Gasteiger partial charge in [-0.2, -0.15) is 0 Å². The van der Waals surface area contributed by atoms with Gasteiger partial charge >= 0.3 is 0 Å². The maximum atomic E-state index is 12.3. The van der Waals surface area contributed by atoms with E-state index < -0.39 is 0 Å². The molecule has 3 fully saturated rings. The summed E-state index contributed by atoms with van der Waals surface area (Å²) in [5.74, 6) is 0.777. The molecule has 2 heterocycles. The summed E-state index contributed by atoms with van der Waals surface area (Å²) < 4.78 is 0. The zero-order valence-electron chi connectivity index (χ0n) is 13.3. The minimum Gasteiger partial charge on any atom is -0.342 e. The molecule has 0 N–H and O–H groups in total. The first-order chi connectivity index (χ1) is 10.8. The van der Waals surface area contributed by atoms with Gasteiger partial charge in [0.1, 0.15) is 0 Å². The molecular formula is C19H26N2O. The van der Waals surface area contributed by atoms with Crippen molar-refractivity contribution in [2.24, 2.45) is 5.92 Å². The number of hydrogen-bond acceptors (Lipinski definition) is 2. The largest absolute Gasteiger partial charge is 0.342 e. The Hall–Kier alpha value is -1.35. The quantitative estimate of drug-likeness (QED) is 0.856. The number of likely N-dealkylation sites (tertiary alicyclic amines) is 2. The predicted molar refractivity (Wildman–Crippen MR) is 87.5 cm³/mol. The molecule has 0 radical (unpaired) electrons. The average Bonchev–Trinajstić information content (AvgIpc) is 3.29. The van der Waals surface area contributed by atoms with E-state index in [0.29, 0.717) is 11.8 Å². The first kappa shape index (κ1) is 14.3. The average molecular weight is 298 g/mol. The summed E-state index contributed by atoms with van der Waals surface area (Å²) in [4.78, 5) is 17.2. The Kier molecular flexibility index (Phi) is 3.69. The molecule has 2 saturated heterocycles. The fourth-order valence-corrected chi connectivity index (χ4v) is 4.37. The number of nitrogens with zero attached hydrogens (tertiary/aromatic N) is 2. The van der Waals surface area contributed by atoms with Crippen LogP contribution in [0, 0.1) is 5.92 Å². The van der Waals surface area contributed by atoms with Gasteiger partial charge in [0.2, 0.25) is 5.91 Å². The Bertz CT molecular complexity index is 524. The van der Waals surface area contributed by atoms with Crippen molar-refractivity contribution in [2.75, 3.05) is 26.2 Å². The lowest BCUT2D eigenvalue weighted by molar-refractivity contribution is -0.135. The van der Waals surface area contributed by atoms with Crippen molar-refractivity contribution in [3.8, 4) is 0 Å². The van der Waals surface area contributed by atoms with E-state index in [1.54, 1.807) is 0 Å². The Morgan fingerprint density at radius 2 is 1.59 bits per heavy atom. The molecule has 1 aliphatic carbocycles. The van der Waals surface area contributed by atoms with E-state index in [0.717, 1.165) is 38.8 Å². The monoisotopic (exact) mass is 298 g/mol. The Balaban J connectivity index is 1.56. The molecule has 0 bridgehead atoms. The van der Waals surface area contributed by atoms with E-state index >= 15 is 0 Å². The molecule has 3 heteroatoms. The maximum Gasteiger partial charge on any atom is 0.225 e. The highest BCUT2D eigenvalue weighted by Crippen LogP contribution is 2.42. The molecule has 2 aliphatic heterocycles. The van der Waals surface area contributed by atoms with Gasteiger partial charge < -0.3 is 4.90 Å². The second-order valence-electron chi connectivity index (χ2n) is 7.19. The summed E-state index contributed by atoms with van der Waals surface area (Å²) in [6.07, 6.45) is 7.06. The van der Waals surface area contributed by atoms with Gasteiger partial charge in [-0.05, 0) is 57.2 Å². The molecule has 0 atom stereocenters. The van der Waals surface area contributed by atoms with Crippen molar-refractivity contribution in [3.05, 3.63) is 35.9 Å². The first-order valence-electron chi connectivity index (χ1n) is 8.89. The minimum atomic E-state index is 0.165. The molecule has 0 spiro atoms. The SMILES string of the molecule is O=C(C1CC1)N1CCC(c2ccccc2)(N2CCCC2)CC1. The van der Waals surface area contributed by atoms with E-state index in [1.165, 1.54) is 31.5 Å². The van der Waals surface area contributed by atoms with Crippen LogP contribution in [0.1, 0.15) is 44.1 Å². The van der Waals surface area contributed by atoms with Crippen molar-refractivity contribution >= 4 is 5.91 Å². The highest BCUT2D eigenvalue weighted by molar-refractivity contribution is 5.81. The van der Waals surface area contributed by atoms with Gasteiger partial charge in [-0.15, -0.1) is 0 Å². The second-order valence-corrected chi connectivity index (χ2v) is 7.19. The zero-order chi connectivity index (χ0) is 15.0. The lowest BCUT2D eigenvalue weighted by Crippen LogP contribution is -2.53. The van der Waals surface area contributed by atoms with Gasteiger partial charge in [-0.25, -0.2) is 0 Å². The number of rotatable bonds is 3. The highest BCUT2D eigenvalue weighted by Gasteiger charge is 2.44. The van der Waals surface area contributed by atoms with Crippen molar-refractivity contribution in [3.63, 3.8) is 0 Å². The zero-order valence-corrected chi connectivity index (χ0v) is 13.3. The first-order valence-corrected chi connectivity index (χ1v) is 8.89. The second kappa shape index (κ2) is 5.69. The molecule has 0 unspecified atom stereocenters.